The van der Waals surface area contributed by atoms with E-state index in [1.165, 1.54) is 23.7 Å². The van der Waals surface area contributed by atoms with Crippen molar-refractivity contribution in [3.63, 3.8) is 0 Å². The molecule has 2 amide bonds. The van der Waals surface area contributed by atoms with E-state index in [4.69, 9.17) is 0 Å². The molecule has 0 saturated heterocycles. The van der Waals surface area contributed by atoms with Crippen molar-refractivity contribution in [2.24, 2.45) is 0 Å². The monoisotopic (exact) mass is 372 g/mol. The lowest BCUT2D eigenvalue weighted by molar-refractivity contribution is -0.122. The molecule has 26 heavy (non-hydrogen) atoms. The molecule has 0 saturated carbocycles. The van der Waals surface area contributed by atoms with Gasteiger partial charge in [-0.05, 0) is 36.1 Å². The van der Waals surface area contributed by atoms with Crippen LogP contribution in [0.15, 0.2) is 54.4 Å². The molecule has 6 nitrogen and oxygen atoms in total. The summed E-state index contributed by atoms with van der Waals surface area (Å²) in [5.41, 5.74) is 1.01. The van der Waals surface area contributed by atoms with E-state index < -0.39 is 11.9 Å². The van der Waals surface area contributed by atoms with Gasteiger partial charge in [0.05, 0.1) is 16.9 Å². The number of hydrogen-bond acceptors (Lipinski definition) is 4. The van der Waals surface area contributed by atoms with E-state index in [1.807, 2.05) is 0 Å². The van der Waals surface area contributed by atoms with Crippen LogP contribution < -0.4 is 10.6 Å². The van der Waals surface area contributed by atoms with Crippen LogP contribution in [0, 0.1) is 5.82 Å². The molecule has 0 aliphatic rings. The molecule has 2 N–H and O–H groups in total. The Balaban J connectivity index is 1.55. The van der Waals surface area contributed by atoms with Crippen molar-refractivity contribution in [2.75, 3.05) is 0 Å². The number of carbonyl (C=O) groups excluding carboxylic acids is 2. The summed E-state index contributed by atoms with van der Waals surface area (Å²) in [6, 6.07) is 7.49. The van der Waals surface area contributed by atoms with Gasteiger partial charge in [0.15, 0.2) is 0 Å². The van der Waals surface area contributed by atoms with Crippen molar-refractivity contribution in [1.82, 2.24) is 20.2 Å². The zero-order chi connectivity index (χ0) is 18.5. The molecule has 3 aromatic rings. The van der Waals surface area contributed by atoms with Gasteiger partial charge in [0.25, 0.3) is 5.91 Å². The molecule has 3 rings (SSSR count). The molecule has 0 bridgehead atoms. The number of rotatable bonds is 6. The Labute approximate surface area is 153 Å². The first-order valence-corrected chi connectivity index (χ1v) is 8.81. The van der Waals surface area contributed by atoms with Crippen LogP contribution in [0.5, 0.6) is 0 Å². The zero-order valence-corrected chi connectivity index (χ0v) is 14.8. The molecule has 0 radical (unpaired) electrons. The number of thiophene rings is 1. The summed E-state index contributed by atoms with van der Waals surface area (Å²) in [6.45, 7) is 1.77. The van der Waals surface area contributed by atoms with E-state index in [2.05, 4.69) is 15.6 Å². The minimum Gasteiger partial charge on any atom is -0.350 e. The average molecular weight is 372 g/mol. The molecular weight excluding hydrogens is 355 g/mol. The third kappa shape index (κ3) is 4.15. The van der Waals surface area contributed by atoms with Crippen LogP contribution in [0.2, 0.25) is 0 Å². The number of nitrogens with one attached hydrogen (secondary N) is 2. The third-order valence-electron chi connectivity index (χ3n) is 3.75. The Hall–Kier alpha value is -3.00. The van der Waals surface area contributed by atoms with Crippen molar-refractivity contribution >= 4 is 23.2 Å². The topological polar surface area (TPSA) is 76.0 Å². The van der Waals surface area contributed by atoms with Gasteiger partial charge in [-0.15, -0.1) is 11.3 Å². The predicted molar refractivity (Wildman–Crippen MR) is 96.6 cm³/mol. The lowest BCUT2D eigenvalue weighted by Gasteiger charge is -2.14. The third-order valence-corrected chi connectivity index (χ3v) is 4.62. The van der Waals surface area contributed by atoms with Crippen molar-refractivity contribution in [2.45, 2.75) is 19.5 Å². The Morgan fingerprint density at radius 1 is 1.35 bits per heavy atom. The van der Waals surface area contributed by atoms with E-state index in [0.717, 1.165) is 0 Å². The van der Waals surface area contributed by atoms with Crippen LogP contribution >= 0.6 is 11.3 Å². The van der Waals surface area contributed by atoms with Crippen LogP contribution in [0.25, 0.3) is 5.69 Å². The maximum atomic E-state index is 14.2. The quantitative estimate of drug-likeness (QED) is 0.698. The molecule has 134 valence electrons. The first-order chi connectivity index (χ1) is 12.5. The van der Waals surface area contributed by atoms with Gasteiger partial charge in [-0.2, -0.15) is 0 Å². The van der Waals surface area contributed by atoms with E-state index in [0.29, 0.717) is 16.1 Å². The Morgan fingerprint density at radius 3 is 2.85 bits per heavy atom. The SMILES string of the molecule is CC(NC(=O)c1cccs1)C(=O)NCc1ccc(-n2ccnc2)c(F)c1. The Kier molecular flexibility index (Phi) is 5.43. The number of aromatic nitrogens is 2. The highest BCUT2D eigenvalue weighted by Crippen LogP contribution is 2.15. The van der Waals surface area contributed by atoms with Gasteiger partial charge in [0.1, 0.15) is 11.9 Å². The van der Waals surface area contributed by atoms with Crippen molar-refractivity contribution in [1.29, 1.82) is 0 Å². The highest BCUT2D eigenvalue weighted by Gasteiger charge is 2.17. The van der Waals surface area contributed by atoms with E-state index in [-0.39, 0.29) is 18.4 Å². The summed E-state index contributed by atoms with van der Waals surface area (Å²) in [7, 11) is 0. The number of hydrogen-bond donors (Lipinski definition) is 2. The summed E-state index contributed by atoms with van der Waals surface area (Å²) in [4.78, 5) is 28.5. The molecular formula is C18H17FN4O2S. The summed E-state index contributed by atoms with van der Waals surface area (Å²) in [5.74, 6) is -1.04. The van der Waals surface area contributed by atoms with Gasteiger partial charge >= 0.3 is 0 Å². The van der Waals surface area contributed by atoms with Crippen LogP contribution in [0.1, 0.15) is 22.2 Å². The van der Waals surface area contributed by atoms with E-state index in [1.54, 1.807) is 53.5 Å². The highest BCUT2D eigenvalue weighted by atomic mass is 32.1. The molecule has 0 fully saturated rings. The highest BCUT2D eigenvalue weighted by molar-refractivity contribution is 7.12. The van der Waals surface area contributed by atoms with Gasteiger partial charge in [0, 0.05) is 18.9 Å². The van der Waals surface area contributed by atoms with Crippen molar-refractivity contribution in [3.05, 3.63) is 70.7 Å². The van der Waals surface area contributed by atoms with Gasteiger partial charge in [0.2, 0.25) is 5.91 Å². The van der Waals surface area contributed by atoms with Gasteiger partial charge < -0.3 is 15.2 Å². The van der Waals surface area contributed by atoms with Crippen molar-refractivity contribution in [3.8, 4) is 5.69 Å². The fourth-order valence-electron chi connectivity index (χ4n) is 2.35. The fourth-order valence-corrected chi connectivity index (χ4v) is 2.98. The summed E-state index contributed by atoms with van der Waals surface area (Å²) in [6.07, 6.45) is 4.73. The normalized spacial score (nSPS) is 11.8. The molecule has 1 atom stereocenters. The lowest BCUT2D eigenvalue weighted by Crippen LogP contribution is -2.44. The second kappa shape index (κ2) is 7.92. The lowest BCUT2D eigenvalue weighted by atomic mass is 10.2. The van der Waals surface area contributed by atoms with Gasteiger partial charge in [-0.1, -0.05) is 12.1 Å². The largest absolute Gasteiger partial charge is 0.350 e. The molecule has 2 heterocycles. The minimum absolute atomic E-state index is 0.166. The van der Waals surface area contributed by atoms with Gasteiger partial charge in [-0.25, -0.2) is 9.37 Å². The van der Waals surface area contributed by atoms with Gasteiger partial charge in [-0.3, -0.25) is 9.59 Å². The number of imidazole rings is 1. The van der Waals surface area contributed by atoms with Crippen LogP contribution in [-0.2, 0) is 11.3 Å². The number of nitrogens with zero attached hydrogens (tertiary/aromatic N) is 2. The van der Waals surface area contributed by atoms with E-state index in [9.17, 15) is 14.0 Å². The summed E-state index contributed by atoms with van der Waals surface area (Å²) >= 11 is 1.30. The first kappa shape index (κ1) is 17.8. The number of halogens is 1. The zero-order valence-electron chi connectivity index (χ0n) is 14.0. The first-order valence-electron chi connectivity index (χ1n) is 7.93. The van der Waals surface area contributed by atoms with Crippen LogP contribution in [0.3, 0.4) is 0 Å². The molecule has 1 aromatic carbocycles. The molecule has 0 aliphatic carbocycles. The maximum Gasteiger partial charge on any atom is 0.261 e. The summed E-state index contributed by atoms with van der Waals surface area (Å²) < 4.78 is 15.8. The van der Waals surface area contributed by atoms with E-state index >= 15 is 0 Å². The number of amides is 2. The molecule has 2 aromatic heterocycles. The average Bonchev–Trinajstić information content (AvgIpc) is 3.33. The Bertz CT molecular complexity index is 894. The number of carbonyl (C=O) groups is 2. The second-order valence-electron chi connectivity index (χ2n) is 5.65. The van der Waals surface area contributed by atoms with Crippen molar-refractivity contribution < 1.29 is 14.0 Å². The molecule has 1 unspecified atom stereocenters. The second-order valence-corrected chi connectivity index (χ2v) is 6.59. The Morgan fingerprint density at radius 2 is 2.19 bits per heavy atom. The number of benzene rings is 1. The molecule has 8 heteroatoms. The predicted octanol–water partition coefficient (Wildman–Crippen LogP) is 2.51. The molecule has 0 spiro atoms. The van der Waals surface area contributed by atoms with Crippen LogP contribution in [0.4, 0.5) is 4.39 Å². The standard InChI is InChI=1S/C18H17FN4O2S/c1-12(22-18(25)16-3-2-8-26-16)17(24)21-10-13-4-5-15(14(19)9-13)23-7-6-20-11-23/h2-9,11-12H,10H2,1H3,(H,21,24)(H,22,25). The fraction of sp³-hybridized carbons (Fsp3) is 0.167. The maximum absolute atomic E-state index is 14.2. The smallest absolute Gasteiger partial charge is 0.261 e. The van der Waals surface area contributed by atoms with Crippen LogP contribution in [-0.4, -0.2) is 27.4 Å². The summed E-state index contributed by atoms with van der Waals surface area (Å²) in [5, 5.41) is 7.12. The molecule has 0 aliphatic heterocycles. The minimum atomic E-state index is -0.695.